The van der Waals surface area contributed by atoms with Gasteiger partial charge in [0.15, 0.2) is 17.5 Å². The van der Waals surface area contributed by atoms with E-state index in [1.54, 1.807) is 11.2 Å². The quantitative estimate of drug-likeness (QED) is 0.897. The molecule has 1 N–H and O–H groups in total. The third-order valence-corrected chi connectivity index (χ3v) is 3.27. The first-order chi connectivity index (χ1) is 9.58. The number of hydrogen-bond donors (Lipinski definition) is 1. The van der Waals surface area contributed by atoms with Crippen molar-refractivity contribution in [2.75, 3.05) is 11.4 Å². The minimum absolute atomic E-state index is 0.0294. The Labute approximate surface area is 112 Å². The van der Waals surface area contributed by atoms with Crippen LogP contribution in [0, 0.1) is 11.6 Å². The van der Waals surface area contributed by atoms with Crippen molar-refractivity contribution in [3.8, 4) is 0 Å². The lowest BCUT2D eigenvalue weighted by molar-refractivity contribution is 0.0690. The molecule has 0 fully saturated rings. The van der Waals surface area contributed by atoms with Crippen LogP contribution in [0.25, 0.3) is 0 Å². The summed E-state index contributed by atoms with van der Waals surface area (Å²) in [5.74, 6) is -3.34. The van der Waals surface area contributed by atoms with Crippen LogP contribution in [0.3, 0.4) is 0 Å². The van der Waals surface area contributed by atoms with Gasteiger partial charge in [-0.2, -0.15) is 0 Å². The SMILES string of the molecule is O=C(O)c1ccc(N2CCn3cnnc3C2)c(F)c1F. The van der Waals surface area contributed by atoms with Crippen molar-refractivity contribution in [1.82, 2.24) is 14.8 Å². The molecule has 2 aromatic rings. The van der Waals surface area contributed by atoms with E-state index in [9.17, 15) is 13.6 Å². The van der Waals surface area contributed by atoms with Crippen LogP contribution < -0.4 is 4.90 Å². The van der Waals surface area contributed by atoms with E-state index in [0.717, 1.165) is 6.07 Å². The van der Waals surface area contributed by atoms with Crippen LogP contribution in [0.5, 0.6) is 0 Å². The first-order valence-electron chi connectivity index (χ1n) is 5.91. The van der Waals surface area contributed by atoms with Gasteiger partial charge in [0.2, 0.25) is 0 Å². The maximum atomic E-state index is 14.0. The van der Waals surface area contributed by atoms with E-state index in [1.165, 1.54) is 6.07 Å². The average molecular weight is 280 g/mol. The van der Waals surface area contributed by atoms with Crippen LogP contribution in [-0.4, -0.2) is 32.4 Å². The van der Waals surface area contributed by atoms with Crippen molar-refractivity contribution in [2.24, 2.45) is 0 Å². The van der Waals surface area contributed by atoms with Gasteiger partial charge in [-0.25, -0.2) is 13.6 Å². The third kappa shape index (κ3) is 1.89. The van der Waals surface area contributed by atoms with E-state index in [0.29, 0.717) is 25.5 Å². The summed E-state index contributed by atoms with van der Waals surface area (Å²) in [5, 5.41) is 16.4. The Morgan fingerprint density at radius 2 is 2.05 bits per heavy atom. The molecule has 1 aromatic carbocycles. The van der Waals surface area contributed by atoms with E-state index in [4.69, 9.17) is 5.11 Å². The highest BCUT2D eigenvalue weighted by Gasteiger charge is 2.24. The smallest absolute Gasteiger partial charge is 0.338 e. The van der Waals surface area contributed by atoms with Crippen molar-refractivity contribution in [3.05, 3.63) is 41.5 Å². The summed E-state index contributed by atoms with van der Waals surface area (Å²) < 4.78 is 29.5. The molecule has 0 aliphatic carbocycles. The van der Waals surface area contributed by atoms with Gasteiger partial charge in [0, 0.05) is 13.1 Å². The number of anilines is 1. The van der Waals surface area contributed by atoms with Gasteiger partial charge >= 0.3 is 5.97 Å². The number of benzene rings is 1. The normalized spacial score (nSPS) is 14.2. The van der Waals surface area contributed by atoms with Crippen LogP contribution >= 0.6 is 0 Å². The Kier molecular flexibility index (Phi) is 2.85. The second-order valence-corrected chi connectivity index (χ2v) is 4.43. The molecule has 6 nitrogen and oxygen atoms in total. The maximum Gasteiger partial charge on any atom is 0.338 e. The van der Waals surface area contributed by atoms with Gasteiger partial charge in [0.05, 0.1) is 17.8 Å². The zero-order valence-corrected chi connectivity index (χ0v) is 10.3. The topological polar surface area (TPSA) is 71.2 Å². The molecule has 0 spiro atoms. The van der Waals surface area contributed by atoms with E-state index in [2.05, 4.69) is 10.2 Å². The molecule has 1 aromatic heterocycles. The molecule has 1 aliphatic heterocycles. The average Bonchev–Trinajstić information content (AvgIpc) is 2.88. The molecule has 8 heteroatoms. The van der Waals surface area contributed by atoms with Crippen molar-refractivity contribution in [3.63, 3.8) is 0 Å². The molecular formula is C12H10F2N4O2. The molecular weight excluding hydrogens is 270 g/mol. The summed E-state index contributed by atoms with van der Waals surface area (Å²) in [6.07, 6.45) is 1.58. The van der Waals surface area contributed by atoms with Crippen LogP contribution in [0.1, 0.15) is 16.2 Å². The van der Waals surface area contributed by atoms with Gasteiger partial charge < -0.3 is 14.6 Å². The Hall–Kier alpha value is -2.51. The first-order valence-corrected chi connectivity index (χ1v) is 5.91. The maximum absolute atomic E-state index is 14.0. The predicted molar refractivity (Wildman–Crippen MR) is 64.4 cm³/mol. The van der Waals surface area contributed by atoms with E-state index in [1.807, 2.05) is 4.57 Å². The molecule has 2 heterocycles. The Morgan fingerprint density at radius 3 is 2.80 bits per heavy atom. The van der Waals surface area contributed by atoms with E-state index in [-0.39, 0.29) is 5.69 Å². The summed E-state index contributed by atoms with van der Waals surface area (Å²) in [6.45, 7) is 1.32. The molecule has 0 radical (unpaired) electrons. The van der Waals surface area contributed by atoms with Gasteiger partial charge in [0.1, 0.15) is 6.33 Å². The van der Waals surface area contributed by atoms with Crippen molar-refractivity contribution in [1.29, 1.82) is 0 Å². The molecule has 0 saturated heterocycles. The minimum Gasteiger partial charge on any atom is -0.478 e. The summed E-state index contributed by atoms with van der Waals surface area (Å²) >= 11 is 0. The number of carboxylic acids is 1. The van der Waals surface area contributed by atoms with Gasteiger partial charge in [-0.15, -0.1) is 10.2 Å². The third-order valence-electron chi connectivity index (χ3n) is 3.27. The minimum atomic E-state index is -1.49. The van der Waals surface area contributed by atoms with Crippen molar-refractivity contribution in [2.45, 2.75) is 13.1 Å². The highest BCUT2D eigenvalue weighted by Crippen LogP contribution is 2.26. The molecule has 20 heavy (non-hydrogen) atoms. The van der Waals surface area contributed by atoms with Crippen molar-refractivity contribution < 1.29 is 18.7 Å². The summed E-state index contributed by atoms with van der Waals surface area (Å²) in [7, 11) is 0. The largest absolute Gasteiger partial charge is 0.478 e. The standard InChI is InChI=1S/C12H10F2N4O2/c13-10-7(12(19)20)1-2-8(11(10)14)17-3-4-18-6-15-16-9(18)5-17/h1-2,6H,3-5H2,(H,19,20). The Balaban J connectivity index is 1.96. The van der Waals surface area contributed by atoms with Gasteiger partial charge in [-0.05, 0) is 12.1 Å². The fourth-order valence-electron chi connectivity index (χ4n) is 2.22. The highest BCUT2D eigenvalue weighted by molar-refractivity contribution is 5.88. The number of aromatic carboxylic acids is 1. The number of carbonyl (C=O) groups is 1. The van der Waals surface area contributed by atoms with Crippen LogP contribution in [0.4, 0.5) is 14.5 Å². The summed E-state index contributed by atoms with van der Waals surface area (Å²) in [4.78, 5) is 12.4. The summed E-state index contributed by atoms with van der Waals surface area (Å²) in [6, 6.07) is 2.34. The number of fused-ring (bicyclic) bond motifs is 1. The number of carboxylic acid groups (broad SMARTS) is 1. The fraction of sp³-hybridized carbons (Fsp3) is 0.250. The molecule has 0 atom stereocenters. The fourth-order valence-corrected chi connectivity index (χ4v) is 2.22. The molecule has 0 unspecified atom stereocenters. The van der Waals surface area contributed by atoms with Gasteiger partial charge in [0.25, 0.3) is 0 Å². The predicted octanol–water partition coefficient (Wildman–Crippen LogP) is 1.27. The number of aromatic nitrogens is 3. The molecule has 0 amide bonds. The zero-order chi connectivity index (χ0) is 14.3. The monoisotopic (exact) mass is 280 g/mol. The van der Waals surface area contributed by atoms with Crippen LogP contribution in [0.15, 0.2) is 18.5 Å². The zero-order valence-electron chi connectivity index (χ0n) is 10.3. The highest BCUT2D eigenvalue weighted by atomic mass is 19.2. The number of halogens is 2. The van der Waals surface area contributed by atoms with E-state index < -0.39 is 23.2 Å². The Morgan fingerprint density at radius 1 is 1.25 bits per heavy atom. The molecule has 0 bridgehead atoms. The Bertz CT molecular complexity index is 686. The first kappa shape index (κ1) is 12.5. The van der Waals surface area contributed by atoms with Crippen LogP contribution in [0.2, 0.25) is 0 Å². The molecule has 3 rings (SSSR count). The number of rotatable bonds is 2. The number of nitrogens with zero attached hydrogens (tertiary/aromatic N) is 4. The second kappa shape index (κ2) is 4.55. The summed E-state index contributed by atoms with van der Waals surface area (Å²) in [5.41, 5.74) is -0.645. The lowest BCUT2D eigenvalue weighted by Crippen LogP contribution is -2.34. The second-order valence-electron chi connectivity index (χ2n) is 4.43. The molecule has 1 aliphatic rings. The van der Waals surface area contributed by atoms with Gasteiger partial charge in [-0.3, -0.25) is 0 Å². The van der Waals surface area contributed by atoms with Gasteiger partial charge in [-0.1, -0.05) is 0 Å². The van der Waals surface area contributed by atoms with Crippen molar-refractivity contribution >= 4 is 11.7 Å². The lowest BCUT2D eigenvalue weighted by Gasteiger charge is -2.29. The lowest BCUT2D eigenvalue weighted by atomic mass is 10.1. The molecule has 0 saturated carbocycles. The molecule has 104 valence electrons. The number of hydrogen-bond acceptors (Lipinski definition) is 4. The van der Waals surface area contributed by atoms with E-state index >= 15 is 0 Å². The van der Waals surface area contributed by atoms with Crippen LogP contribution in [-0.2, 0) is 13.1 Å².